The van der Waals surface area contributed by atoms with Crippen molar-refractivity contribution in [1.82, 2.24) is 25.3 Å². The van der Waals surface area contributed by atoms with Gasteiger partial charge in [-0.3, -0.25) is 19.6 Å². The molecule has 0 unspecified atom stereocenters. The SMILES string of the molecule is CC1CCC2(CC1)NC(=O)N(NC(=O)CSc1nccn1-c1cccc(F)c1)C2=O. The van der Waals surface area contributed by atoms with Gasteiger partial charge >= 0.3 is 6.03 Å². The Balaban J connectivity index is 1.38. The van der Waals surface area contributed by atoms with E-state index < -0.39 is 23.4 Å². The number of urea groups is 1. The average Bonchev–Trinajstić information content (AvgIpc) is 3.28. The molecule has 1 aromatic heterocycles. The molecule has 158 valence electrons. The van der Waals surface area contributed by atoms with Crippen molar-refractivity contribution in [3.8, 4) is 5.69 Å². The van der Waals surface area contributed by atoms with E-state index in [4.69, 9.17) is 0 Å². The van der Waals surface area contributed by atoms with Crippen LogP contribution in [0.5, 0.6) is 0 Å². The highest BCUT2D eigenvalue weighted by Gasteiger charge is 2.52. The fraction of sp³-hybridized carbons (Fsp3) is 0.400. The minimum atomic E-state index is -0.905. The molecule has 10 heteroatoms. The number of hydrogen-bond donors (Lipinski definition) is 2. The van der Waals surface area contributed by atoms with Crippen molar-refractivity contribution >= 4 is 29.6 Å². The maximum absolute atomic E-state index is 13.5. The first-order valence-corrected chi connectivity index (χ1v) is 10.7. The van der Waals surface area contributed by atoms with Crippen molar-refractivity contribution in [3.63, 3.8) is 0 Å². The number of carbonyl (C=O) groups excluding carboxylic acids is 3. The van der Waals surface area contributed by atoms with Crippen LogP contribution >= 0.6 is 11.8 Å². The summed E-state index contributed by atoms with van der Waals surface area (Å²) in [5.74, 6) is -0.827. The zero-order valence-corrected chi connectivity index (χ0v) is 17.2. The zero-order valence-electron chi connectivity index (χ0n) is 16.4. The molecule has 1 saturated heterocycles. The molecule has 30 heavy (non-hydrogen) atoms. The fourth-order valence-corrected chi connectivity index (χ4v) is 4.59. The van der Waals surface area contributed by atoms with Gasteiger partial charge < -0.3 is 5.32 Å². The van der Waals surface area contributed by atoms with Crippen LogP contribution in [0, 0.1) is 11.7 Å². The molecule has 0 radical (unpaired) electrons. The quantitative estimate of drug-likeness (QED) is 0.561. The summed E-state index contributed by atoms with van der Waals surface area (Å²) in [6, 6.07) is 5.43. The Morgan fingerprint density at radius 2 is 2.13 bits per heavy atom. The molecule has 1 aliphatic carbocycles. The number of carbonyl (C=O) groups is 3. The first kappa shape index (κ1) is 20.4. The first-order chi connectivity index (χ1) is 14.4. The summed E-state index contributed by atoms with van der Waals surface area (Å²) in [6.07, 6.45) is 6.07. The number of rotatable bonds is 5. The van der Waals surface area contributed by atoms with Gasteiger partial charge in [-0.25, -0.2) is 14.2 Å². The van der Waals surface area contributed by atoms with Crippen LogP contribution in [-0.4, -0.2) is 43.7 Å². The van der Waals surface area contributed by atoms with Crippen molar-refractivity contribution < 1.29 is 18.8 Å². The van der Waals surface area contributed by atoms with Gasteiger partial charge in [0.05, 0.1) is 11.4 Å². The van der Waals surface area contributed by atoms with Gasteiger partial charge in [-0.15, -0.1) is 0 Å². The number of halogens is 1. The monoisotopic (exact) mass is 431 g/mol. The minimum absolute atomic E-state index is 0.0621. The summed E-state index contributed by atoms with van der Waals surface area (Å²) >= 11 is 1.12. The highest BCUT2D eigenvalue weighted by Crippen LogP contribution is 2.35. The van der Waals surface area contributed by atoms with E-state index in [0.717, 1.165) is 29.6 Å². The Labute approximate surface area is 177 Å². The molecule has 1 aromatic carbocycles. The van der Waals surface area contributed by atoms with E-state index in [2.05, 4.69) is 22.7 Å². The predicted octanol–water partition coefficient (Wildman–Crippen LogP) is 2.64. The zero-order chi connectivity index (χ0) is 21.3. The van der Waals surface area contributed by atoms with E-state index in [0.29, 0.717) is 29.6 Å². The highest BCUT2D eigenvalue weighted by atomic mass is 32.2. The van der Waals surface area contributed by atoms with E-state index in [-0.39, 0.29) is 11.6 Å². The van der Waals surface area contributed by atoms with Crippen LogP contribution in [0.25, 0.3) is 5.69 Å². The number of nitrogens with zero attached hydrogens (tertiary/aromatic N) is 3. The van der Waals surface area contributed by atoms with Crippen molar-refractivity contribution in [2.24, 2.45) is 5.92 Å². The number of imidazole rings is 1. The molecule has 0 bridgehead atoms. The lowest BCUT2D eigenvalue weighted by Crippen LogP contribution is -2.51. The molecule has 0 atom stereocenters. The molecule has 4 rings (SSSR count). The summed E-state index contributed by atoms with van der Waals surface area (Å²) < 4.78 is 15.2. The van der Waals surface area contributed by atoms with E-state index >= 15 is 0 Å². The molecule has 1 aliphatic heterocycles. The normalized spacial score (nSPS) is 23.7. The second kappa shape index (κ2) is 8.10. The number of nitrogens with one attached hydrogen (secondary N) is 2. The molecule has 2 N–H and O–H groups in total. The van der Waals surface area contributed by atoms with Crippen LogP contribution in [0.15, 0.2) is 41.8 Å². The van der Waals surface area contributed by atoms with Crippen LogP contribution in [0.4, 0.5) is 9.18 Å². The third-order valence-corrected chi connectivity index (χ3v) is 6.52. The van der Waals surface area contributed by atoms with Gasteiger partial charge in [-0.05, 0) is 49.8 Å². The van der Waals surface area contributed by atoms with Gasteiger partial charge in [-0.2, -0.15) is 5.01 Å². The molecular formula is C20H22FN5O3S. The standard InChI is InChI=1S/C20H22FN5O3S/c1-13-5-7-20(8-6-13)17(28)26(18(29)23-20)24-16(27)12-30-19-22-9-10-25(19)15-4-2-3-14(21)11-15/h2-4,9-11,13H,5-8,12H2,1H3,(H,23,29)(H,24,27). The highest BCUT2D eigenvalue weighted by molar-refractivity contribution is 7.99. The number of benzene rings is 1. The second-order valence-corrected chi connectivity index (χ2v) is 8.66. The number of thioether (sulfide) groups is 1. The third kappa shape index (κ3) is 3.91. The number of hydrazine groups is 1. The van der Waals surface area contributed by atoms with E-state index in [9.17, 15) is 18.8 Å². The molecule has 1 saturated carbocycles. The lowest BCUT2D eigenvalue weighted by atomic mass is 9.77. The summed E-state index contributed by atoms with van der Waals surface area (Å²) in [5.41, 5.74) is 2.08. The Bertz CT molecular complexity index is 986. The van der Waals surface area contributed by atoms with E-state index in [1.54, 1.807) is 29.1 Å². The fourth-order valence-electron chi connectivity index (χ4n) is 3.82. The van der Waals surface area contributed by atoms with Crippen LogP contribution in [0.2, 0.25) is 0 Å². The van der Waals surface area contributed by atoms with Crippen LogP contribution < -0.4 is 10.7 Å². The van der Waals surface area contributed by atoms with Crippen molar-refractivity contribution in [1.29, 1.82) is 0 Å². The number of amides is 4. The van der Waals surface area contributed by atoms with Crippen LogP contribution in [0.3, 0.4) is 0 Å². The second-order valence-electron chi connectivity index (χ2n) is 7.72. The topological polar surface area (TPSA) is 96.3 Å². The molecule has 2 heterocycles. The maximum Gasteiger partial charge on any atom is 0.344 e. The molecule has 1 spiro atoms. The molecule has 4 amide bonds. The van der Waals surface area contributed by atoms with E-state index in [1.165, 1.54) is 12.1 Å². The Morgan fingerprint density at radius 1 is 1.37 bits per heavy atom. The Hall–Kier alpha value is -2.88. The van der Waals surface area contributed by atoms with Crippen molar-refractivity contribution in [3.05, 3.63) is 42.5 Å². The Morgan fingerprint density at radius 3 is 2.87 bits per heavy atom. The number of aromatic nitrogens is 2. The lowest BCUT2D eigenvalue weighted by Gasteiger charge is -2.33. The van der Waals surface area contributed by atoms with Gasteiger partial charge in [0.25, 0.3) is 5.91 Å². The minimum Gasteiger partial charge on any atom is -0.322 e. The summed E-state index contributed by atoms with van der Waals surface area (Å²) in [5, 5.41) is 4.05. The van der Waals surface area contributed by atoms with Crippen molar-refractivity contribution in [2.45, 2.75) is 43.3 Å². The molecule has 2 aliphatic rings. The summed E-state index contributed by atoms with van der Waals surface area (Å²) in [4.78, 5) is 41.7. The van der Waals surface area contributed by atoms with Gasteiger partial charge in [0, 0.05) is 12.4 Å². The first-order valence-electron chi connectivity index (χ1n) is 9.76. The molecule has 8 nitrogen and oxygen atoms in total. The largest absolute Gasteiger partial charge is 0.344 e. The van der Waals surface area contributed by atoms with Gasteiger partial charge in [0.15, 0.2) is 5.16 Å². The van der Waals surface area contributed by atoms with Gasteiger partial charge in [0.1, 0.15) is 11.4 Å². The van der Waals surface area contributed by atoms with Gasteiger partial charge in [-0.1, -0.05) is 24.8 Å². The summed E-state index contributed by atoms with van der Waals surface area (Å²) in [6.45, 7) is 2.12. The van der Waals surface area contributed by atoms with Gasteiger partial charge in [0.2, 0.25) is 5.91 Å². The Kier molecular flexibility index (Phi) is 5.50. The molecule has 2 aromatic rings. The van der Waals surface area contributed by atoms with Crippen LogP contribution in [-0.2, 0) is 9.59 Å². The smallest absolute Gasteiger partial charge is 0.322 e. The third-order valence-electron chi connectivity index (χ3n) is 5.55. The molecular weight excluding hydrogens is 409 g/mol. The van der Waals surface area contributed by atoms with E-state index in [1.807, 2.05) is 0 Å². The average molecular weight is 431 g/mol. The number of imide groups is 1. The van der Waals surface area contributed by atoms with Crippen molar-refractivity contribution in [2.75, 3.05) is 5.75 Å². The molecule has 2 fully saturated rings. The lowest BCUT2D eigenvalue weighted by molar-refractivity contribution is -0.139. The summed E-state index contributed by atoms with van der Waals surface area (Å²) in [7, 11) is 0. The number of hydrogen-bond acceptors (Lipinski definition) is 5. The maximum atomic E-state index is 13.5. The van der Waals surface area contributed by atoms with Crippen LogP contribution in [0.1, 0.15) is 32.6 Å². The predicted molar refractivity (Wildman–Crippen MR) is 108 cm³/mol.